The van der Waals surface area contributed by atoms with Gasteiger partial charge in [-0.05, 0) is 39.0 Å². The second kappa shape index (κ2) is 11.3. The number of hydrogen-bond acceptors (Lipinski definition) is 9. The number of esters is 1. The highest BCUT2D eigenvalue weighted by Crippen LogP contribution is 2.48. The Morgan fingerprint density at radius 2 is 2.08 bits per heavy atom. The van der Waals surface area contributed by atoms with Gasteiger partial charge in [0, 0.05) is 12.6 Å². The minimum atomic E-state index is -4.23. The number of aromatic nitrogens is 2. The van der Waals surface area contributed by atoms with Crippen molar-refractivity contribution in [2.45, 2.75) is 57.3 Å². The van der Waals surface area contributed by atoms with Crippen molar-refractivity contribution in [2.75, 3.05) is 12.3 Å². The monoisotopic (exact) mass is 524 g/mol. The van der Waals surface area contributed by atoms with Crippen LogP contribution in [0.1, 0.15) is 33.4 Å². The molecule has 0 radical (unpaired) electrons. The van der Waals surface area contributed by atoms with E-state index in [9.17, 15) is 14.2 Å². The number of nitrogens with zero attached hydrogens (tertiary/aromatic N) is 2. The van der Waals surface area contributed by atoms with Crippen molar-refractivity contribution in [3.63, 3.8) is 0 Å². The van der Waals surface area contributed by atoms with Crippen LogP contribution in [0.2, 0.25) is 0 Å². The molecule has 0 saturated carbocycles. The molecule has 13 heteroatoms. The zero-order valence-corrected chi connectivity index (χ0v) is 21.1. The molecule has 196 valence electrons. The van der Waals surface area contributed by atoms with Gasteiger partial charge in [0.1, 0.15) is 29.4 Å². The van der Waals surface area contributed by atoms with Gasteiger partial charge in [-0.15, -0.1) is 6.58 Å². The number of anilines is 1. The van der Waals surface area contributed by atoms with E-state index in [0.29, 0.717) is 0 Å². The van der Waals surface area contributed by atoms with Gasteiger partial charge < -0.3 is 19.7 Å². The Bertz CT molecular complexity index is 1180. The summed E-state index contributed by atoms with van der Waals surface area (Å²) in [5.74, 6) is -0.475. The lowest BCUT2D eigenvalue weighted by molar-refractivity contribution is -0.149. The van der Waals surface area contributed by atoms with E-state index in [4.69, 9.17) is 24.3 Å². The summed E-state index contributed by atoms with van der Waals surface area (Å²) >= 11 is 0. The maximum atomic E-state index is 15.0. The summed E-state index contributed by atoms with van der Waals surface area (Å²) in [4.78, 5) is 28.1. The van der Waals surface area contributed by atoms with Crippen LogP contribution in [0.25, 0.3) is 0 Å². The lowest BCUT2D eigenvalue weighted by atomic mass is 10.0. The van der Waals surface area contributed by atoms with E-state index in [2.05, 4.69) is 16.7 Å². The number of halogens is 1. The molecule has 1 aromatic carbocycles. The van der Waals surface area contributed by atoms with E-state index in [1.54, 1.807) is 44.2 Å². The minimum Gasteiger partial charge on any atom is -0.462 e. The van der Waals surface area contributed by atoms with Gasteiger partial charge in [0.2, 0.25) is 0 Å². The van der Waals surface area contributed by atoms with Crippen molar-refractivity contribution in [3.05, 3.63) is 65.7 Å². The number of carbonyl (C=O) groups excluding carboxylic acids is 1. The first-order chi connectivity index (χ1) is 17.0. The number of nitrogens with one attached hydrogen (secondary N) is 1. The summed E-state index contributed by atoms with van der Waals surface area (Å²) in [5, 5.41) is 2.56. The van der Waals surface area contributed by atoms with Crippen LogP contribution in [0.15, 0.2) is 60.0 Å². The molecule has 0 aliphatic carbocycles. The highest BCUT2D eigenvalue weighted by molar-refractivity contribution is 7.52. The van der Waals surface area contributed by atoms with Crippen molar-refractivity contribution in [1.82, 2.24) is 14.6 Å². The first kappa shape index (κ1) is 27.5. The van der Waals surface area contributed by atoms with Gasteiger partial charge in [-0.1, -0.05) is 24.3 Å². The lowest BCUT2D eigenvalue weighted by Gasteiger charge is -2.29. The highest BCUT2D eigenvalue weighted by Gasteiger charge is 2.48. The molecular weight excluding hydrogens is 494 g/mol. The summed E-state index contributed by atoms with van der Waals surface area (Å²) in [6.45, 7) is 8.04. The molecule has 2 heterocycles. The Kier molecular flexibility index (Phi) is 8.67. The Morgan fingerprint density at radius 1 is 1.39 bits per heavy atom. The van der Waals surface area contributed by atoms with Crippen molar-refractivity contribution in [2.24, 2.45) is 0 Å². The van der Waals surface area contributed by atoms with Crippen LogP contribution >= 0.6 is 7.75 Å². The third-order valence-corrected chi connectivity index (χ3v) is 6.83. The molecule has 1 saturated heterocycles. The van der Waals surface area contributed by atoms with E-state index in [1.165, 1.54) is 25.3 Å². The van der Waals surface area contributed by atoms with Crippen LogP contribution in [0, 0.1) is 0 Å². The summed E-state index contributed by atoms with van der Waals surface area (Å²) in [5.41, 5.74) is 3.25. The quantitative estimate of drug-likeness (QED) is 0.256. The number of rotatable bonds is 11. The fourth-order valence-corrected chi connectivity index (χ4v) is 5.00. The molecule has 11 nitrogen and oxygen atoms in total. The third kappa shape index (κ3) is 6.79. The Morgan fingerprint density at radius 3 is 2.69 bits per heavy atom. The molecule has 5 atom stereocenters. The van der Waals surface area contributed by atoms with Gasteiger partial charge in [0.25, 0.3) is 0 Å². The van der Waals surface area contributed by atoms with Gasteiger partial charge >= 0.3 is 19.4 Å². The second-order valence-corrected chi connectivity index (χ2v) is 10.2. The summed E-state index contributed by atoms with van der Waals surface area (Å²) in [6, 6.07) is 8.45. The zero-order chi connectivity index (χ0) is 26.5. The largest absolute Gasteiger partial charge is 0.462 e. The SMILES string of the molecule is C=CC1(COP(=O)(NC(C)C(=O)OC(C)C)Oc2ccccc2)CC(F)C(n2ccc(N)nc2=O)O1. The maximum Gasteiger partial charge on any atom is 0.459 e. The Balaban J connectivity index is 1.81. The summed E-state index contributed by atoms with van der Waals surface area (Å²) < 4.78 is 51.9. The van der Waals surface area contributed by atoms with E-state index in [1.807, 2.05) is 0 Å². The molecule has 3 rings (SSSR count). The molecule has 1 aromatic heterocycles. The second-order valence-electron chi connectivity index (χ2n) is 8.55. The van der Waals surface area contributed by atoms with Crippen molar-refractivity contribution < 1.29 is 32.3 Å². The minimum absolute atomic E-state index is 0.0156. The van der Waals surface area contributed by atoms with E-state index >= 15 is 4.39 Å². The van der Waals surface area contributed by atoms with Gasteiger partial charge in [-0.2, -0.15) is 10.1 Å². The first-order valence-electron chi connectivity index (χ1n) is 11.2. The molecule has 1 aliphatic heterocycles. The van der Waals surface area contributed by atoms with Gasteiger partial charge in [-0.25, -0.2) is 13.8 Å². The van der Waals surface area contributed by atoms with Crippen LogP contribution in [-0.4, -0.2) is 46.0 Å². The highest BCUT2D eigenvalue weighted by atomic mass is 31.2. The number of para-hydroxylation sites is 1. The van der Waals surface area contributed by atoms with E-state index in [-0.39, 0.29) is 18.0 Å². The average molecular weight is 524 g/mol. The van der Waals surface area contributed by atoms with Crippen LogP contribution < -0.4 is 21.0 Å². The summed E-state index contributed by atoms with van der Waals surface area (Å²) in [7, 11) is -4.23. The molecule has 1 aliphatic rings. The standard InChI is InChI=1S/C23H30FN4O7P/c1-5-23(13-18(24)20(34-23)28-12-11-19(25)26-22(28)30)14-32-36(31,35-17-9-7-6-8-10-17)27-16(4)21(29)33-15(2)3/h5-12,15-16,18,20H,1,13-14H2,2-4H3,(H,27,31)(H2,25,26,30). The molecule has 36 heavy (non-hydrogen) atoms. The van der Waals surface area contributed by atoms with E-state index in [0.717, 1.165) is 4.57 Å². The molecule has 0 amide bonds. The van der Waals surface area contributed by atoms with Gasteiger partial charge in [-0.3, -0.25) is 13.9 Å². The average Bonchev–Trinajstić information content (AvgIpc) is 3.14. The van der Waals surface area contributed by atoms with Crippen LogP contribution in [0.5, 0.6) is 5.75 Å². The number of ether oxygens (including phenoxy) is 2. The Labute approximate surface area is 208 Å². The fourth-order valence-electron chi connectivity index (χ4n) is 3.46. The number of carbonyl (C=O) groups is 1. The van der Waals surface area contributed by atoms with Crippen LogP contribution in [0.3, 0.4) is 0 Å². The maximum absolute atomic E-state index is 15.0. The smallest absolute Gasteiger partial charge is 0.459 e. The fraction of sp³-hybridized carbons (Fsp3) is 0.435. The first-order valence-corrected chi connectivity index (χ1v) is 12.8. The van der Waals surface area contributed by atoms with Gasteiger partial charge in [0.05, 0.1) is 12.7 Å². The number of nitrogen functional groups attached to an aromatic ring is 1. The molecule has 0 bridgehead atoms. The predicted octanol–water partition coefficient (Wildman–Crippen LogP) is 3.14. The van der Waals surface area contributed by atoms with E-state index < -0.39 is 56.2 Å². The molecule has 2 aromatic rings. The number of alkyl halides is 1. The molecule has 5 unspecified atom stereocenters. The topological polar surface area (TPSA) is 144 Å². The zero-order valence-electron chi connectivity index (χ0n) is 20.2. The Hall–Kier alpha value is -3.05. The van der Waals surface area contributed by atoms with Crippen molar-refractivity contribution in [1.29, 1.82) is 0 Å². The van der Waals surface area contributed by atoms with Gasteiger partial charge in [0.15, 0.2) is 6.23 Å². The molecule has 1 fully saturated rings. The van der Waals surface area contributed by atoms with Crippen molar-refractivity contribution >= 4 is 19.5 Å². The van der Waals surface area contributed by atoms with Crippen molar-refractivity contribution in [3.8, 4) is 5.75 Å². The number of benzene rings is 1. The predicted molar refractivity (Wildman–Crippen MR) is 130 cm³/mol. The molecule has 0 spiro atoms. The summed E-state index contributed by atoms with van der Waals surface area (Å²) in [6.07, 6.45) is -1.05. The number of hydrogen-bond donors (Lipinski definition) is 2. The number of nitrogens with two attached hydrogens (primary N) is 1. The molecule has 3 N–H and O–H groups in total. The van der Waals surface area contributed by atoms with Crippen LogP contribution in [-0.2, 0) is 23.4 Å². The molecular formula is C23H30FN4O7P. The normalized spacial score (nSPS) is 24.1. The van der Waals surface area contributed by atoms with Crippen LogP contribution in [0.4, 0.5) is 10.2 Å². The lowest BCUT2D eigenvalue weighted by Crippen LogP contribution is -2.38. The third-order valence-electron chi connectivity index (χ3n) is 5.21.